The number of ether oxygens (including phenoxy) is 1. The summed E-state index contributed by atoms with van der Waals surface area (Å²) in [6.45, 7) is 2.56. The molecule has 5 nitrogen and oxygen atoms in total. The van der Waals surface area contributed by atoms with E-state index in [0.717, 1.165) is 0 Å². The van der Waals surface area contributed by atoms with Gasteiger partial charge < -0.3 is 9.64 Å². The van der Waals surface area contributed by atoms with Crippen molar-refractivity contribution in [2.75, 3.05) is 41.3 Å². The molecule has 16 heavy (non-hydrogen) atoms. The highest BCUT2D eigenvalue weighted by Gasteiger charge is 2.08. The van der Waals surface area contributed by atoms with Gasteiger partial charge >= 0.3 is 5.97 Å². The average molecular weight is 228 g/mol. The summed E-state index contributed by atoms with van der Waals surface area (Å²) in [6, 6.07) is 0. The minimum atomic E-state index is -0.340. The summed E-state index contributed by atoms with van der Waals surface area (Å²) in [5.74, 6) is -0.307. The Labute approximate surface area is 96.7 Å². The van der Waals surface area contributed by atoms with Crippen LogP contribution in [-0.2, 0) is 14.3 Å². The molecule has 92 valence electrons. The van der Waals surface area contributed by atoms with Gasteiger partial charge in [-0.2, -0.15) is 0 Å². The quantitative estimate of drug-likeness (QED) is 0.495. The number of hydrogen-bond acceptors (Lipinski definition) is 4. The van der Waals surface area contributed by atoms with Gasteiger partial charge in [-0.15, -0.1) is 0 Å². The van der Waals surface area contributed by atoms with Crippen molar-refractivity contribution in [3.05, 3.63) is 11.6 Å². The SMILES string of the molecule is COC(=O)C(C)=CCN(C)CC(=O)N(C)C. The molecule has 0 spiro atoms. The van der Waals surface area contributed by atoms with E-state index in [9.17, 15) is 9.59 Å². The Morgan fingerprint density at radius 1 is 1.25 bits per heavy atom. The van der Waals surface area contributed by atoms with Crippen molar-refractivity contribution in [2.24, 2.45) is 0 Å². The van der Waals surface area contributed by atoms with Gasteiger partial charge in [0.15, 0.2) is 0 Å². The zero-order chi connectivity index (χ0) is 12.7. The molecule has 0 atom stereocenters. The minimum Gasteiger partial charge on any atom is -0.466 e. The van der Waals surface area contributed by atoms with Gasteiger partial charge in [-0.1, -0.05) is 6.08 Å². The summed E-state index contributed by atoms with van der Waals surface area (Å²) in [5, 5.41) is 0. The van der Waals surface area contributed by atoms with Crippen LogP contribution in [-0.4, -0.2) is 63.0 Å². The molecule has 0 radical (unpaired) electrons. The van der Waals surface area contributed by atoms with Crippen LogP contribution in [0.1, 0.15) is 6.92 Å². The second-order valence-corrected chi connectivity index (χ2v) is 3.86. The fraction of sp³-hybridized carbons (Fsp3) is 0.636. The number of nitrogens with zero attached hydrogens (tertiary/aromatic N) is 2. The maximum absolute atomic E-state index is 11.4. The molecule has 5 heteroatoms. The largest absolute Gasteiger partial charge is 0.466 e. The molecule has 0 saturated carbocycles. The first-order valence-corrected chi connectivity index (χ1v) is 5.02. The van der Waals surface area contributed by atoms with Crippen LogP contribution in [0, 0.1) is 0 Å². The fourth-order valence-corrected chi connectivity index (χ4v) is 0.974. The van der Waals surface area contributed by atoms with Crippen LogP contribution in [0.3, 0.4) is 0 Å². The van der Waals surface area contributed by atoms with E-state index in [1.54, 1.807) is 27.1 Å². The highest BCUT2D eigenvalue weighted by atomic mass is 16.5. The first-order chi connectivity index (χ1) is 7.38. The standard InChI is InChI=1S/C11H20N2O3/c1-9(11(15)16-5)6-7-13(4)8-10(14)12(2)3/h6H,7-8H2,1-5H3. The Morgan fingerprint density at radius 3 is 2.25 bits per heavy atom. The number of methoxy groups -OCH3 is 1. The van der Waals surface area contributed by atoms with Crippen LogP contribution in [0.15, 0.2) is 11.6 Å². The molecule has 0 unspecified atom stereocenters. The predicted molar refractivity (Wildman–Crippen MR) is 62.0 cm³/mol. The Bertz CT molecular complexity index is 285. The van der Waals surface area contributed by atoms with E-state index < -0.39 is 0 Å². The number of amides is 1. The Kier molecular flexibility index (Phi) is 6.41. The molecule has 0 aromatic carbocycles. The highest BCUT2D eigenvalue weighted by Crippen LogP contribution is 1.96. The van der Waals surface area contributed by atoms with Crippen molar-refractivity contribution < 1.29 is 14.3 Å². The summed E-state index contributed by atoms with van der Waals surface area (Å²) < 4.78 is 4.56. The molecule has 0 rings (SSSR count). The van der Waals surface area contributed by atoms with Crippen molar-refractivity contribution in [3.63, 3.8) is 0 Å². The molecule has 0 saturated heterocycles. The third-order valence-corrected chi connectivity index (χ3v) is 2.12. The number of rotatable bonds is 5. The topological polar surface area (TPSA) is 49.9 Å². The van der Waals surface area contributed by atoms with Crippen molar-refractivity contribution in [1.82, 2.24) is 9.80 Å². The van der Waals surface area contributed by atoms with Crippen LogP contribution >= 0.6 is 0 Å². The van der Waals surface area contributed by atoms with Crippen molar-refractivity contribution in [3.8, 4) is 0 Å². The van der Waals surface area contributed by atoms with E-state index in [4.69, 9.17) is 0 Å². The molecule has 0 bridgehead atoms. The number of likely N-dealkylation sites (N-methyl/N-ethyl adjacent to an activating group) is 2. The van der Waals surface area contributed by atoms with E-state index in [1.807, 2.05) is 11.9 Å². The summed E-state index contributed by atoms with van der Waals surface area (Å²) in [5.41, 5.74) is 0.548. The first kappa shape index (κ1) is 14.6. The number of carbonyl (C=O) groups is 2. The van der Waals surface area contributed by atoms with E-state index in [1.165, 1.54) is 12.0 Å². The molecule has 0 fully saturated rings. The maximum Gasteiger partial charge on any atom is 0.333 e. The monoisotopic (exact) mass is 228 g/mol. The fourth-order valence-electron chi connectivity index (χ4n) is 0.974. The molecule has 0 aliphatic rings. The lowest BCUT2D eigenvalue weighted by atomic mass is 10.3. The van der Waals surface area contributed by atoms with Crippen molar-refractivity contribution in [1.29, 1.82) is 0 Å². The van der Waals surface area contributed by atoms with Crippen molar-refractivity contribution in [2.45, 2.75) is 6.92 Å². The van der Waals surface area contributed by atoms with E-state index in [-0.39, 0.29) is 11.9 Å². The first-order valence-electron chi connectivity index (χ1n) is 5.02. The normalized spacial score (nSPS) is 11.5. The third kappa shape index (κ3) is 5.50. The smallest absolute Gasteiger partial charge is 0.333 e. The maximum atomic E-state index is 11.4. The van der Waals surface area contributed by atoms with Crippen LogP contribution in [0.2, 0.25) is 0 Å². The van der Waals surface area contributed by atoms with Gasteiger partial charge in [-0.05, 0) is 14.0 Å². The van der Waals surface area contributed by atoms with Gasteiger partial charge in [0.1, 0.15) is 0 Å². The van der Waals surface area contributed by atoms with Gasteiger partial charge in [-0.3, -0.25) is 9.69 Å². The van der Waals surface area contributed by atoms with E-state index in [0.29, 0.717) is 18.7 Å². The molecular formula is C11H20N2O3. The summed E-state index contributed by atoms with van der Waals surface area (Å²) in [4.78, 5) is 25.8. The van der Waals surface area contributed by atoms with Gasteiger partial charge in [0.05, 0.1) is 13.7 Å². The van der Waals surface area contributed by atoms with Gasteiger partial charge in [-0.25, -0.2) is 4.79 Å². The van der Waals surface area contributed by atoms with Crippen LogP contribution in [0.25, 0.3) is 0 Å². The lowest BCUT2D eigenvalue weighted by molar-refractivity contribution is -0.136. The summed E-state index contributed by atoms with van der Waals surface area (Å²) >= 11 is 0. The Hall–Kier alpha value is -1.36. The number of carbonyl (C=O) groups excluding carboxylic acids is 2. The Morgan fingerprint density at radius 2 is 1.81 bits per heavy atom. The molecule has 0 aromatic rings. The van der Waals surface area contributed by atoms with Crippen LogP contribution < -0.4 is 0 Å². The van der Waals surface area contributed by atoms with Crippen LogP contribution in [0.5, 0.6) is 0 Å². The zero-order valence-electron chi connectivity index (χ0n) is 10.6. The predicted octanol–water partition coefficient (Wildman–Crippen LogP) is 0.126. The van der Waals surface area contributed by atoms with Crippen LogP contribution in [0.4, 0.5) is 0 Å². The minimum absolute atomic E-state index is 0.0339. The molecule has 0 aromatic heterocycles. The van der Waals surface area contributed by atoms with Gasteiger partial charge in [0, 0.05) is 26.2 Å². The number of esters is 1. The highest BCUT2D eigenvalue weighted by molar-refractivity contribution is 5.87. The van der Waals surface area contributed by atoms with Gasteiger partial charge in [0.2, 0.25) is 5.91 Å². The molecule has 0 N–H and O–H groups in total. The third-order valence-electron chi connectivity index (χ3n) is 2.12. The molecule has 0 aliphatic carbocycles. The zero-order valence-corrected chi connectivity index (χ0v) is 10.6. The van der Waals surface area contributed by atoms with Gasteiger partial charge in [0.25, 0.3) is 0 Å². The molecule has 0 aliphatic heterocycles. The van der Waals surface area contributed by atoms with Crippen molar-refractivity contribution >= 4 is 11.9 Å². The summed E-state index contributed by atoms with van der Waals surface area (Å²) in [6.07, 6.45) is 1.74. The van der Waals surface area contributed by atoms with E-state index in [2.05, 4.69) is 4.74 Å². The lowest BCUT2D eigenvalue weighted by Gasteiger charge is -2.17. The molecule has 0 heterocycles. The summed E-state index contributed by atoms with van der Waals surface area (Å²) in [7, 11) is 6.60. The molecular weight excluding hydrogens is 208 g/mol. The second kappa shape index (κ2) is 7.00. The lowest BCUT2D eigenvalue weighted by Crippen LogP contribution is -2.34. The number of hydrogen-bond donors (Lipinski definition) is 0. The van der Waals surface area contributed by atoms with E-state index >= 15 is 0 Å². The average Bonchev–Trinajstić information content (AvgIpc) is 2.24. The second-order valence-electron chi connectivity index (χ2n) is 3.86. The Balaban J connectivity index is 4.11. The molecule has 1 amide bonds.